The summed E-state index contributed by atoms with van der Waals surface area (Å²) in [5, 5.41) is 3.53. The highest BCUT2D eigenvalue weighted by molar-refractivity contribution is 6.04. The Bertz CT molecular complexity index is 821. The molecule has 1 aliphatic rings. The average Bonchev–Trinajstić information content (AvgIpc) is 2.75. The quantitative estimate of drug-likeness (QED) is 0.806. The van der Waals surface area contributed by atoms with Crippen LogP contribution in [0.3, 0.4) is 0 Å². The molecule has 0 radical (unpaired) electrons. The molecule has 2 aromatic rings. The van der Waals surface area contributed by atoms with Crippen molar-refractivity contribution in [2.45, 2.75) is 6.92 Å². The van der Waals surface area contributed by atoms with E-state index in [4.69, 9.17) is 0 Å². The van der Waals surface area contributed by atoms with Crippen molar-refractivity contribution in [2.75, 3.05) is 6.54 Å². The molecule has 0 unspecified atom stereocenters. The van der Waals surface area contributed by atoms with Gasteiger partial charge in [0.25, 0.3) is 5.91 Å². The van der Waals surface area contributed by atoms with Gasteiger partial charge in [0.2, 0.25) is 5.91 Å². The molecule has 1 aromatic heterocycles. The zero-order valence-corrected chi connectivity index (χ0v) is 11.5. The Morgan fingerprint density at radius 1 is 1.36 bits per heavy atom. The van der Waals surface area contributed by atoms with Crippen LogP contribution in [0.4, 0.5) is 9.18 Å². The van der Waals surface area contributed by atoms with E-state index in [0.29, 0.717) is 16.6 Å². The number of pyridine rings is 1. The van der Waals surface area contributed by atoms with Gasteiger partial charge in [0.1, 0.15) is 12.4 Å². The number of amides is 4. The lowest BCUT2D eigenvalue weighted by atomic mass is 10.1. The van der Waals surface area contributed by atoms with Crippen molar-refractivity contribution in [3.63, 3.8) is 0 Å². The topological polar surface area (TPSA) is 91.4 Å². The minimum Gasteiger partial charge on any atom is -0.275 e. The first-order valence-electron chi connectivity index (χ1n) is 6.43. The largest absolute Gasteiger partial charge is 0.343 e. The van der Waals surface area contributed by atoms with Crippen molar-refractivity contribution in [1.82, 2.24) is 20.7 Å². The summed E-state index contributed by atoms with van der Waals surface area (Å²) in [5.41, 5.74) is 3.41. The molecule has 2 heterocycles. The molecule has 2 N–H and O–H groups in total. The summed E-state index contributed by atoms with van der Waals surface area (Å²) in [6.07, 6.45) is 0. The second kappa shape index (κ2) is 5.06. The highest BCUT2D eigenvalue weighted by Gasteiger charge is 2.28. The number of rotatable bonds is 2. The fourth-order valence-corrected chi connectivity index (χ4v) is 2.18. The van der Waals surface area contributed by atoms with Gasteiger partial charge in [-0.3, -0.25) is 25.3 Å². The molecule has 3 rings (SSSR count). The van der Waals surface area contributed by atoms with Gasteiger partial charge in [-0.15, -0.1) is 0 Å². The molecule has 1 fully saturated rings. The van der Waals surface area contributed by atoms with Gasteiger partial charge in [-0.25, -0.2) is 14.2 Å². The molecular formula is C14H11FN4O3. The molecule has 1 aromatic carbocycles. The lowest BCUT2D eigenvalue weighted by molar-refractivity contribution is -0.118. The summed E-state index contributed by atoms with van der Waals surface area (Å²) in [6, 6.07) is 4.93. The van der Waals surface area contributed by atoms with Crippen molar-refractivity contribution in [3.05, 3.63) is 41.3 Å². The van der Waals surface area contributed by atoms with Crippen molar-refractivity contribution < 1.29 is 18.8 Å². The zero-order chi connectivity index (χ0) is 15.9. The Morgan fingerprint density at radius 3 is 2.82 bits per heavy atom. The predicted octanol–water partition coefficient (Wildman–Crippen LogP) is 0.879. The van der Waals surface area contributed by atoms with Crippen LogP contribution in [-0.4, -0.2) is 34.4 Å². The van der Waals surface area contributed by atoms with E-state index in [1.807, 2.05) is 0 Å². The summed E-state index contributed by atoms with van der Waals surface area (Å²) in [5.74, 6) is -1.47. The molecule has 0 saturated carbocycles. The van der Waals surface area contributed by atoms with Gasteiger partial charge in [-0.2, -0.15) is 0 Å². The fraction of sp³-hybridized carbons (Fsp3) is 0.143. The number of carbonyl (C=O) groups excluding carboxylic acids is 3. The van der Waals surface area contributed by atoms with Crippen molar-refractivity contribution >= 4 is 28.7 Å². The van der Waals surface area contributed by atoms with Crippen LogP contribution < -0.4 is 10.7 Å². The predicted molar refractivity (Wildman–Crippen MR) is 74.1 cm³/mol. The maximum absolute atomic E-state index is 13.2. The van der Waals surface area contributed by atoms with Crippen LogP contribution in [0.15, 0.2) is 24.3 Å². The highest BCUT2D eigenvalue weighted by Crippen LogP contribution is 2.18. The number of benzene rings is 1. The third-order valence-corrected chi connectivity index (χ3v) is 3.24. The summed E-state index contributed by atoms with van der Waals surface area (Å²) in [4.78, 5) is 38.9. The molecule has 7 nitrogen and oxygen atoms in total. The minimum atomic E-state index is -0.688. The van der Waals surface area contributed by atoms with Gasteiger partial charge in [-0.1, -0.05) is 0 Å². The van der Waals surface area contributed by atoms with Gasteiger partial charge in [0.15, 0.2) is 0 Å². The third-order valence-electron chi connectivity index (χ3n) is 3.24. The standard InChI is InChI=1S/C14H11FN4O3/c1-7-10(4-8-2-3-9(15)5-11(8)16-7)13(21)18-19-6-12(20)17-14(19)22/h2-5H,6H2,1H3,(H,18,21)(H,17,20,22). The van der Waals surface area contributed by atoms with E-state index in [-0.39, 0.29) is 12.1 Å². The Hall–Kier alpha value is -3.03. The maximum atomic E-state index is 13.2. The number of hydrogen-bond acceptors (Lipinski definition) is 4. The summed E-state index contributed by atoms with van der Waals surface area (Å²) >= 11 is 0. The van der Waals surface area contributed by atoms with Crippen LogP contribution in [0.5, 0.6) is 0 Å². The molecule has 112 valence electrons. The molecule has 1 saturated heterocycles. The van der Waals surface area contributed by atoms with Crippen LogP contribution in [0, 0.1) is 12.7 Å². The van der Waals surface area contributed by atoms with E-state index in [1.165, 1.54) is 18.2 Å². The summed E-state index contributed by atoms with van der Waals surface area (Å²) < 4.78 is 13.2. The molecule has 0 spiro atoms. The van der Waals surface area contributed by atoms with E-state index in [2.05, 4.69) is 15.7 Å². The number of hydrogen-bond donors (Lipinski definition) is 2. The molecule has 1 aliphatic heterocycles. The second-order valence-electron chi connectivity index (χ2n) is 4.84. The molecule has 0 aliphatic carbocycles. The molecular weight excluding hydrogens is 291 g/mol. The van der Waals surface area contributed by atoms with Crippen LogP contribution in [0.1, 0.15) is 16.1 Å². The van der Waals surface area contributed by atoms with E-state index >= 15 is 0 Å². The first-order chi connectivity index (χ1) is 10.4. The van der Waals surface area contributed by atoms with Crippen molar-refractivity contribution in [3.8, 4) is 0 Å². The van der Waals surface area contributed by atoms with E-state index in [0.717, 1.165) is 5.01 Å². The zero-order valence-electron chi connectivity index (χ0n) is 11.5. The first-order valence-corrected chi connectivity index (χ1v) is 6.43. The molecule has 0 bridgehead atoms. The monoisotopic (exact) mass is 302 g/mol. The highest BCUT2D eigenvalue weighted by atomic mass is 19.1. The summed E-state index contributed by atoms with van der Waals surface area (Å²) in [7, 11) is 0. The van der Waals surface area contributed by atoms with Crippen molar-refractivity contribution in [2.24, 2.45) is 0 Å². The van der Waals surface area contributed by atoms with Gasteiger partial charge >= 0.3 is 6.03 Å². The number of halogens is 1. The number of imide groups is 1. The lowest BCUT2D eigenvalue weighted by Crippen LogP contribution is -2.44. The smallest absolute Gasteiger partial charge is 0.275 e. The van der Waals surface area contributed by atoms with E-state index < -0.39 is 23.7 Å². The van der Waals surface area contributed by atoms with Crippen LogP contribution in [0.25, 0.3) is 10.9 Å². The van der Waals surface area contributed by atoms with E-state index in [9.17, 15) is 18.8 Å². The lowest BCUT2D eigenvalue weighted by Gasteiger charge is -2.15. The van der Waals surface area contributed by atoms with Gasteiger partial charge in [-0.05, 0) is 25.1 Å². The number of aryl methyl sites for hydroxylation is 1. The van der Waals surface area contributed by atoms with Gasteiger partial charge < -0.3 is 0 Å². The first kappa shape index (κ1) is 13.9. The number of nitrogens with one attached hydrogen (secondary N) is 2. The Balaban J connectivity index is 1.90. The Kier molecular flexibility index (Phi) is 3.21. The Morgan fingerprint density at radius 2 is 2.14 bits per heavy atom. The number of nitrogens with zero attached hydrogens (tertiary/aromatic N) is 2. The second-order valence-corrected chi connectivity index (χ2v) is 4.84. The minimum absolute atomic E-state index is 0.240. The molecule has 8 heteroatoms. The average molecular weight is 302 g/mol. The SMILES string of the molecule is Cc1nc2cc(F)ccc2cc1C(=O)NN1CC(=O)NC1=O. The van der Waals surface area contributed by atoms with Crippen LogP contribution in [0.2, 0.25) is 0 Å². The third kappa shape index (κ3) is 2.46. The Labute approximate surface area is 124 Å². The maximum Gasteiger partial charge on any atom is 0.343 e. The molecule has 0 atom stereocenters. The molecule has 22 heavy (non-hydrogen) atoms. The van der Waals surface area contributed by atoms with Gasteiger partial charge in [0, 0.05) is 11.5 Å². The van der Waals surface area contributed by atoms with Crippen LogP contribution >= 0.6 is 0 Å². The molecule has 4 amide bonds. The van der Waals surface area contributed by atoms with E-state index in [1.54, 1.807) is 13.0 Å². The number of hydrazine groups is 1. The number of aromatic nitrogens is 1. The number of fused-ring (bicyclic) bond motifs is 1. The van der Waals surface area contributed by atoms with Crippen LogP contribution in [-0.2, 0) is 4.79 Å². The van der Waals surface area contributed by atoms with Gasteiger partial charge in [0.05, 0.1) is 16.8 Å². The van der Waals surface area contributed by atoms with Crippen molar-refractivity contribution in [1.29, 1.82) is 0 Å². The fourth-order valence-electron chi connectivity index (χ4n) is 2.18. The number of urea groups is 1. The summed E-state index contributed by atoms with van der Waals surface area (Å²) in [6.45, 7) is 1.37. The normalized spacial score (nSPS) is 14.4. The number of carbonyl (C=O) groups is 3.